The van der Waals surface area contributed by atoms with Crippen molar-refractivity contribution in [1.82, 2.24) is 4.98 Å². The molecule has 116 valence electrons. The Balaban J connectivity index is 2.18. The van der Waals surface area contributed by atoms with E-state index in [9.17, 15) is 13.6 Å². The minimum Gasteiger partial charge on any atom is -0.464 e. The van der Waals surface area contributed by atoms with Gasteiger partial charge in [0.2, 0.25) is 5.82 Å². The largest absolute Gasteiger partial charge is 0.464 e. The van der Waals surface area contributed by atoms with Gasteiger partial charge in [-0.3, -0.25) is 0 Å². The summed E-state index contributed by atoms with van der Waals surface area (Å²) in [5.41, 5.74) is 0.0393. The van der Waals surface area contributed by atoms with Crippen LogP contribution in [0.4, 0.5) is 8.78 Å². The molecule has 3 aromatic rings. The minimum atomic E-state index is -1.10. The zero-order valence-electron chi connectivity index (χ0n) is 12.0. The summed E-state index contributed by atoms with van der Waals surface area (Å²) < 4.78 is 37.3. The minimum absolute atomic E-state index is 0.0393. The van der Waals surface area contributed by atoms with Crippen molar-refractivity contribution in [3.63, 3.8) is 0 Å². The molecule has 6 heteroatoms. The molecular formula is C17H11F2NO3. The van der Waals surface area contributed by atoms with E-state index in [1.165, 1.54) is 25.4 Å². The molecule has 0 aliphatic heterocycles. The highest BCUT2D eigenvalue weighted by Crippen LogP contribution is 2.33. The summed E-state index contributed by atoms with van der Waals surface area (Å²) in [4.78, 5) is 15.9. The number of hydrogen-bond acceptors (Lipinski definition) is 4. The summed E-state index contributed by atoms with van der Waals surface area (Å²) in [6.07, 6.45) is 1.46. The van der Waals surface area contributed by atoms with Gasteiger partial charge in [0.1, 0.15) is 5.75 Å². The Kier molecular flexibility index (Phi) is 3.89. The summed E-state index contributed by atoms with van der Waals surface area (Å²) in [6, 6.07) is 10.3. The molecule has 0 atom stereocenters. The molecule has 23 heavy (non-hydrogen) atoms. The molecule has 0 bridgehead atoms. The number of ether oxygens (including phenoxy) is 2. The van der Waals surface area contributed by atoms with E-state index in [-0.39, 0.29) is 17.2 Å². The predicted octanol–water partition coefficient (Wildman–Crippen LogP) is 4.09. The molecule has 0 saturated heterocycles. The van der Waals surface area contributed by atoms with Gasteiger partial charge >= 0.3 is 5.97 Å². The van der Waals surface area contributed by atoms with Crippen molar-refractivity contribution < 1.29 is 23.0 Å². The highest BCUT2D eigenvalue weighted by atomic mass is 19.2. The maximum absolute atomic E-state index is 13.8. The molecule has 4 nitrogen and oxygen atoms in total. The van der Waals surface area contributed by atoms with Gasteiger partial charge in [-0.05, 0) is 29.7 Å². The smallest absolute Gasteiger partial charge is 0.357 e. The highest BCUT2D eigenvalue weighted by Gasteiger charge is 2.18. The van der Waals surface area contributed by atoms with Crippen molar-refractivity contribution in [1.29, 1.82) is 0 Å². The van der Waals surface area contributed by atoms with Gasteiger partial charge in [0.05, 0.1) is 12.5 Å². The van der Waals surface area contributed by atoms with Crippen LogP contribution in [0.25, 0.3) is 10.8 Å². The second-order valence-corrected chi connectivity index (χ2v) is 4.66. The maximum atomic E-state index is 13.8. The lowest BCUT2D eigenvalue weighted by Crippen LogP contribution is -2.05. The van der Waals surface area contributed by atoms with Crippen LogP contribution in [0.2, 0.25) is 0 Å². The number of aromatic nitrogens is 1. The molecule has 0 radical (unpaired) electrons. The fraction of sp³-hybridized carbons (Fsp3) is 0.0588. The van der Waals surface area contributed by atoms with Crippen LogP contribution in [-0.4, -0.2) is 18.1 Å². The summed E-state index contributed by atoms with van der Waals surface area (Å²) in [7, 11) is 1.23. The molecule has 0 aliphatic carbocycles. The molecule has 0 aliphatic rings. The number of carbonyl (C=O) groups excluding carboxylic acids is 1. The fourth-order valence-corrected chi connectivity index (χ4v) is 2.21. The summed E-state index contributed by atoms with van der Waals surface area (Å²) in [5, 5.41) is 1.03. The molecule has 0 N–H and O–H groups in total. The molecule has 0 spiro atoms. The standard InChI is InChI=1S/C17H11F2NO3/c1-22-17(21)16-14-10(8-9-20-16)4-2-6-12(14)23-13-7-3-5-11(18)15(13)19/h2-9H,1H3. The van der Waals surface area contributed by atoms with E-state index >= 15 is 0 Å². The van der Waals surface area contributed by atoms with Gasteiger partial charge in [0, 0.05) is 6.20 Å². The summed E-state index contributed by atoms with van der Waals surface area (Å²) >= 11 is 0. The van der Waals surface area contributed by atoms with Crippen molar-refractivity contribution in [2.45, 2.75) is 0 Å². The highest BCUT2D eigenvalue weighted by molar-refractivity contribution is 6.05. The fourth-order valence-electron chi connectivity index (χ4n) is 2.21. The molecule has 0 saturated carbocycles. The van der Waals surface area contributed by atoms with Gasteiger partial charge in [0.15, 0.2) is 17.3 Å². The second-order valence-electron chi connectivity index (χ2n) is 4.66. The first-order valence-corrected chi connectivity index (χ1v) is 6.69. The van der Waals surface area contributed by atoms with Crippen LogP contribution < -0.4 is 4.74 Å². The Labute approximate surface area is 130 Å². The maximum Gasteiger partial charge on any atom is 0.357 e. The third-order valence-corrected chi connectivity index (χ3v) is 3.27. The number of halogens is 2. The summed E-state index contributed by atoms with van der Waals surface area (Å²) in [5.74, 6) is -2.87. The first-order valence-electron chi connectivity index (χ1n) is 6.69. The lowest BCUT2D eigenvalue weighted by atomic mass is 10.1. The monoisotopic (exact) mass is 315 g/mol. The Hall–Kier alpha value is -3.02. The molecule has 0 fully saturated rings. The lowest BCUT2D eigenvalue weighted by Gasteiger charge is -2.11. The number of pyridine rings is 1. The van der Waals surface area contributed by atoms with E-state index < -0.39 is 17.6 Å². The normalized spacial score (nSPS) is 10.6. The van der Waals surface area contributed by atoms with Gasteiger partial charge in [-0.25, -0.2) is 14.2 Å². The van der Waals surface area contributed by atoms with Crippen molar-refractivity contribution in [3.05, 3.63) is 66.0 Å². The molecule has 3 rings (SSSR count). The average molecular weight is 315 g/mol. The van der Waals surface area contributed by atoms with Crippen molar-refractivity contribution in [2.24, 2.45) is 0 Å². The van der Waals surface area contributed by atoms with Gasteiger partial charge in [-0.2, -0.15) is 4.39 Å². The number of carbonyl (C=O) groups is 1. The van der Waals surface area contributed by atoms with Gasteiger partial charge in [-0.1, -0.05) is 18.2 Å². The van der Waals surface area contributed by atoms with Crippen LogP contribution in [0.5, 0.6) is 11.5 Å². The van der Waals surface area contributed by atoms with E-state index in [1.54, 1.807) is 24.3 Å². The van der Waals surface area contributed by atoms with Crippen LogP contribution in [-0.2, 0) is 4.74 Å². The molecule has 1 aromatic heterocycles. The zero-order valence-corrected chi connectivity index (χ0v) is 12.0. The van der Waals surface area contributed by atoms with Crippen molar-refractivity contribution in [3.8, 4) is 11.5 Å². The van der Waals surface area contributed by atoms with E-state index in [2.05, 4.69) is 4.98 Å². The molecule has 0 amide bonds. The SMILES string of the molecule is COC(=O)c1nccc2cccc(Oc3cccc(F)c3F)c12. The van der Waals surface area contributed by atoms with Crippen molar-refractivity contribution in [2.75, 3.05) is 7.11 Å². The Bertz CT molecular complexity index is 891. The van der Waals surface area contributed by atoms with Gasteiger partial charge < -0.3 is 9.47 Å². The van der Waals surface area contributed by atoms with E-state index in [1.807, 2.05) is 0 Å². The van der Waals surface area contributed by atoms with Crippen LogP contribution in [0.15, 0.2) is 48.7 Å². The number of nitrogens with zero attached hydrogens (tertiary/aromatic N) is 1. The van der Waals surface area contributed by atoms with E-state index in [0.717, 1.165) is 6.07 Å². The number of esters is 1. The third-order valence-electron chi connectivity index (χ3n) is 3.27. The Morgan fingerprint density at radius 2 is 1.78 bits per heavy atom. The average Bonchev–Trinajstić information content (AvgIpc) is 2.58. The number of methoxy groups -OCH3 is 1. The van der Waals surface area contributed by atoms with Crippen LogP contribution in [0.1, 0.15) is 10.5 Å². The Morgan fingerprint density at radius 3 is 2.57 bits per heavy atom. The third kappa shape index (κ3) is 2.70. The molecule has 0 unspecified atom stereocenters. The van der Waals surface area contributed by atoms with Gasteiger partial charge in [-0.15, -0.1) is 0 Å². The van der Waals surface area contributed by atoms with Gasteiger partial charge in [0.25, 0.3) is 0 Å². The molecular weight excluding hydrogens is 304 g/mol. The Morgan fingerprint density at radius 1 is 1.04 bits per heavy atom. The number of hydrogen-bond donors (Lipinski definition) is 0. The van der Waals surface area contributed by atoms with E-state index in [0.29, 0.717) is 10.8 Å². The first-order chi connectivity index (χ1) is 11.1. The molecule has 2 aromatic carbocycles. The van der Waals surface area contributed by atoms with E-state index in [4.69, 9.17) is 9.47 Å². The number of rotatable bonds is 3. The quantitative estimate of drug-likeness (QED) is 0.683. The summed E-state index contributed by atoms with van der Waals surface area (Å²) in [6.45, 7) is 0. The van der Waals surface area contributed by atoms with Crippen molar-refractivity contribution >= 4 is 16.7 Å². The predicted molar refractivity (Wildman–Crippen MR) is 79.5 cm³/mol. The topological polar surface area (TPSA) is 48.4 Å². The molecule has 1 heterocycles. The zero-order chi connectivity index (χ0) is 16.4. The van der Waals surface area contributed by atoms with Crippen LogP contribution >= 0.6 is 0 Å². The second kappa shape index (κ2) is 6.00. The number of benzene rings is 2. The first kappa shape index (κ1) is 14.9. The van der Waals surface area contributed by atoms with Crippen LogP contribution in [0, 0.1) is 11.6 Å². The van der Waals surface area contributed by atoms with Crippen LogP contribution in [0.3, 0.4) is 0 Å². The number of fused-ring (bicyclic) bond motifs is 1. The lowest BCUT2D eigenvalue weighted by molar-refractivity contribution is 0.0596.